The Kier molecular flexibility index (Phi) is 4.59. The maximum absolute atomic E-state index is 12.2. The first kappa shape index (κ1) is 15.2. The van der Waals surface area contributed by atoms with Crippen LogP contribution < -0.4 is 4.72 Å². The van der Waals surface area contributed by atoms with Crippen molar-refractivity contribution in [3.05, 3.63) is 34.5 Å². The molecule has 0 amide bonds. The number of aliphatic hydroxyl groups is 1. The summed E-state index contributed by atoms with van der Waals surface area (Å²) >= 11 is 1.50. The summed E-state index contributed by atoms with van der Waals surface area (Å²) in [4.78, 5) is 4.33. The number of aromatic nitrogens is 2. The van der Waals surface area contributed by atoms with Crippen molar-refractivity contribution in [2.45, 2.75) is 24.3 Å². The molecule has 0 radical (unpaired) electrons. The molecule has 0 saturated carbocycles. The number of nitrogens with one attached hydrogen (secondary N) is 1. The van der Waals surface area contributed by atoms with Gasteiger partial charge >= 0.3 is 0 Å². The maximum atomic E-state index is 12.2. The number of sulfonamides is 1. The lowest BCUT2D eigenvalue weighted by molar-refractivity contribution is 0.272. The van der Waals surface area contributed by atoms with Crippen molar-refractivity contribution in [2.75, 3.05) is 6.54 Å². The number of rotatable bonds is 6. The molecule has 2 heterocycles. The quantitative estimate of drug-likeness (QED) is 0.835. The van der Waals surface area contributed by atoms with E-state index in [0.717, 1.165) is 5.01 Å². The van der Waals surface area contributed by atoms with Gasteiger partial charge in [0.1, 0.15) is 0 Å². The lowest BCUT2D eigenvalue weighted by Crippen LogP contribution is -2.27. The minimum absolute atomic E-state index is 0.0193. The van der Waals surface area contributed by atoms with E-state index in [4.69, 9.17) is 5.11 Å². The molecule has 0 bridgehead atoms. The first-order valence-electron chi connectivity index (χ1n) is 6.09. The molecule has 0 aliphatic rings. The minimum atomic E-state index is -3.56. The Morgan fingerprint density at radius 3 is 2.85 bits per heavy atom. The molecule has 20 heavy (non-hydrogen) atoms. The van der Waals surface area contributed by atoms with E-state index in [0.29, 0.717) is 12.2 Å². The van der Waals surface area contributed by atoms with Gasteiger partial charge in [-0.15, -0.1) is 11.3 Å². The van der Waals surface area contributed by atoms with Crippen LogP contribution in [0.1, 0.15) is 23.5 Å². The van der Waals surface area contributed by atoms with E-state index < -0.39 is 10.0 Å². The van der Waals surface area contributed by atoms with E-state index in [2.05, 4.69) is 9.71 Å². The second kappa shape index (κ2) is 6.04. The van der Waals surface area contributed by atoms with Crippen LogP contribution in [-0.2, 0) is 23.7 Å². The van der Waals surface area contributed by atoms with Crippen LogP contribution in [-0.4, -0.2) is 29.6 Å². The van der Waals surface area contributed by atoms with E-state index in [-0.39, 0.29) is 17.4 Å². The van der Waals surface area contributed by atoms with E-state index in [9.17, 15) is 8.42 Å². The maximum Gasteiger partial charge on any atom is 0.242 e. The third-order valence-corrected chi connectivity index (χ3v) is 5.41. The molecular weight excluding hydrogens is 298 g/mol. The van der Waals surface area contributed by atoms with Gasteiger partial charge in [-0.05, 0) is 6.07 Å². The first-order chi connectivity index (χ1) is 9.44. The van der Waals surface area contributed by atoms with Gasteiger partial charge in [0.15, 0.2) is 0 Å². The molecule has 2 rings (SSSR count). The lowest BCUT2D eigenvalue weighted by Gasteiger charge is -2.09. The zero-order valence-corrected chi connectivity index (χ0v) is 12.9. The van der Waals surface area contributed by atoms with Gasteiger partial charge < -0.3 is 9.67 Å². The highest BCUT2D eigenvalue weighted by Crippen LogP contribution is 2.18. The molecule has 2 N–H and O–H groups in total. The molecule has 0 spiro atoms. The highest BCUT2D eigenvalue weighted by Gasteiger charge is 2.19. The molecule has 0 fully saturated rings. The Morgan fingerprint density at radius 2 is 2.30 bits per heavy atom. The molecule has 0 aromatic carbocycles. The van der Waals surface area contributed by atoms with Crippen LogP contribution in [0, 0.1) is 0 Å². The van der Waals surface area contributed by atoms with E-state index >= 15 is 0 Å². The minimum Gasteiger partial charge on any atom is -0.390 e. The Balaban J connectivity index is 2.07. The zero-order chi connectivity index (χ0) is 14.8. The molecule has 0 aliphatic heterocycles. The summed E-state index contributed by atoms with van der Waals surface area (Å²) in [5, 5.41) is 11.9. The summed E-state index contributed by atoms with van der Waals surface area (Å²) in [5.74, 6) is 0.0193. The number of aryl methyl sites for hydroxylation is 1. The fraction of sp³-hybridized carbons (Fsp3) is 0.417. The summed E-state index contributed by atoms with van der Waals surface area (Å²) in [7, 11) is -1.87. The topological polar surface area (TPSA) is 84.2 Å². The summed E-state index contributed by atoms with van der Waals surface area (Å²) in [6.45, 7) is 2.02. The number of hydrogen-bond acceptors (Lipinski definition) is 5. The smallest absolute Gasteiger partial charge is 0.242 e. The van der Waals surface area contributed by atoms with Crippen molar-refractivity contribution >= 4 is 21.4 Å². The van der Waals surface area contributed by atoms with Crippen molar-refractivity contribution < 1.29 is 13.5 Å². The normalized spacial score (nSPS) is 13.6. The summed E-state index contributed by atoms with van der Waals surface area (Å²) < 4.78 is 28.5. The highest BCUT2D eigenvalue weighted by molar-refractivity contribution is 7.89. The van der Waals surface area contributed by atoms with Crippen LogP contribution in [0.4, 0.5) is 0 Å². The van der Waals surface area contributed by atoms with Crippen LogP contribution in [0.15, 0.2) is 28.7 Å². The highest BCUT2D eigenvalue weighted by atomic mass is 32.2. The van der Waals surface area contributed by atoms with Gasteiger partial charge in [0.2, 0.25) is 10.0 Å². The van der Waals surface area contributed by atoms with E-state index in [1.807, 2.05) is 12.3 Å². The Morgan fingerprint density at radius 1 is 1.55 bits per heavy atom. The lowest BCUT2D eigenvalue weighted by atomic mass is 10.2. The fourth-order valence-electron chi connectivity index (χ4n) is 1.76. The van der Waals surface area contributed by atoms with Crippen molar-refractivity contribution in [3.63, 3.8) is 0 Å². The van der Waals surface area contributed by atoms with Gasteiger partial charge in [0.05, 0.1) is 16.5 Å². The van der Waals surface area contributed by atoms with Crippen molar-refractivity contribution in [2.24, 2.45) is 7.05 Å². The number of aliphatic hydroxyl groups excluding tert-OH is 1. The van der Waals surface area contributed by atoms with Crippen molar-refractivity contribution in [1.29, 1.82) is 0 Å². The van der Waals surface area contributed by atoms with Gasteiger partial charge in [-0.25, -0.2) is 18.1 Å². The van der Waals surface area contributed by atoms with E-state index in [1.165, 1.54) is 23.6 Å². The van der Waals surface area contributed by atoms with Crippen molar-refractivity contribution in [3.8, 4) is 0 Å². The van der Waals surface area contributed by atoms with Crippen LogP contribution >= 0.6 is 11.3 Å². The third kappa shape index (κ3) is 3.26. The Labute approximate surface area is 122 Å². The second-order valence-electron chi connectivity index (χ2n) is 4.56. The summed E-state index contributed by atoms with van der Waals surface area (Å²) in [5.41, 5.74) is 0.554. The predicted molar refractivity (Wildman–Crippen MR) is 77.1 cm³/mol. The summed E-state index contributed by atoms with van der Waals surface area (Å²) in [6.07, 6.45) is 3.19. The largest absolute Gasteiger partial charge is 0.390 e. The third-order valence-electron chi connectivity index (χ3n) is 3.01. The predicted octanol–water partition coefficient (Wildman–Crippen LogP) is 1.06. The molecule has 1 unspecified atom stereocenters. The van der Waals surface area contributed by atoms with Crippen LogP contribution in [0.25, 0.3) is 0 Å². The average Bonchev–Trinajstić information content (AvgIpc) is 3.05. The average molecular weight is 315 g/mol. The molecule has 1 atom stereocenters. The zero-order valence-electron chi connectivity index (χ0n) is 11.3. The fourth-order valence-corrected chi connectivity index (χ4v) is 3.69. The molecule has 2 aromatic heterocycles. The second-order valence-corrected chi connectivity index (χ2v) is 7.25. The monoisotopic (exact) mass is 315 g/mol. The van der Waals surface area contributed by atoms with Gasteiger partial charge in [-0.3, -0.25) is 0 Å². The number of thiazole rings is 1. The van der Waals surface area contributed by atoms with Gasteiger partial charge in [-0.1, -0.05) is 6.92 Å². The molecule has 6 nitrogen and oxygen atoms in total. The number of hydrogen-bond donors (Lipinski definition) is 2. The molecule has 0 saturated heterocycles. The van der Waals surface area contributed by atoms with Gasteiger partial charge in [0, 0.05) is 43.0 Å². The molecule has 8 heteroatoms. The molecule has 0 aliphatic carbocycles. The Bertz CT molecular complexity index is 662. The van der Waals surface area contributed by atoms with Crippen LogP contribution in [0.3, 0.4) is 0 Å². The Hall–Kier alpha value is -1.22. The first-order valence-corrected chi connectivity index (χ1v) is 8.45. The molecule has 2 aromatic rings. The number of nitrogens with zero attached hydrogens (tertiary/aromatic N) is 2. The van der Waals surface area contributed by atoms with Gasteiger partial charge in [-0.2, -0.15) is 0 Å². The van der Waals surface area contributed by atoms with Crippen LogP contribution in [0.5, 0.6) is 0 Å². The molecular formula is C12H17N3O3S2. The van der Waals surface area contributed by atoms with E-state index in [1.54, 1.807) is 17.8 Å². The molecule has 110 valence electrons. The summed E-state index contributed by atoms with van der Waals surface area (Å²) in [6, 6.07) is 1.47. The van der Waals surface area contributed by atoms with Crippen LogP contribution in [0.2, 0.25) is 0 Å². The standard InChI is InChI=1S/C12H17N3O3S2/c1-9(12-13-3-4-19-12)6-14-20(17,18)11-5-10(8-16)15(2)7-11/h3-5,7,9,14,16H,6,8H2,1-2H3. The van der Waals surface area contributed by atoms with Crippen molar-refractivity contribution in [1.82, 2.24) is 14.3 Å². The van der Waals surface area contributed by atoms with Gasteiger partial charge in [0.25, 0.3) is 0 Å². The SMILES string of the molecule is CC(CNS(=O)(=O)c1cc(CO)n(C)c1)c1nccs1.